The Labute approximate surface area is 125 Å². The summed E-state index contributed by atoms with van der Waals surface area (Å²) in [5.74, 6) is -0.395. The van der Waals surface area contributed by atoms with E-state index in [0.717, 1.165) is 19.4 Å². The van der Waals surface area contributed by atoms with Crippen LogP contribution in [0.25, 0.3) is 0 Å². The van der Waals surface area contributed by atoms with E-state index in [1.165, 1.54) is 6.42 Å². The van der Waals surface area contributed by atoms with Crippen LogP contribution in [-0.4, -0.2) is 31.1 Å². The van der Waals surface area contributed by atoms with Crippen LogP contribution in [-0.2, 0) is 9.53 Å². The van der Waals surface area contributed by atoms with Crippen molar-refractivity contribution in [1.29, 1.82) is 0 Å². The van der Waals surface area contributed by atoms with E-state index >= 15 is 0 Å². The summed E-state index contributed by atoms with van der Waals surface area (Å²) in [4.78, 5) is 23.6. The number of nitrogens with one attached hydrogen (secondary N) is 2. The second-order valence-electron chi connectivity index (χ2n) is 5.18. The van der Waals surface area contributed by atoms with Crippen LogP contribution in [0.1, 0.15) is 43.0 Å². The van der Waals surface area contributed by atoms with Crippen LogP contribution in [0.3, 0.4) is 0 Å². The maximum atomic E-state index is 11.9. The minimum absolute atomic E-state index is 0.0234. The fourth-order valence-corrected chi connectivity index (χ4v) is 2.47. The van der Waals surface area contributed by atoms with Crippen molar-refractivity contribution >= 4 is 17.6 Å². The molecule has 1 amide bonds. The summed E-state index contributed by atoms with van der Waals surface area (Å²) in [7, 11) is 0. The van der Waals surface area contributed by atoms with Gasteiger partial charge in [-0.3, -0.25) is 4.79 Å². The van der Waals surface area contributed by atoms with Gasteiger partial charge in [0.25, 0.3) is 0 Å². The second kappa shape index (κ2) is 7.78. The monoisotopic (exact) mass is 290 g/mol. The maximum absolute atomic E-state index is 11.9. The standard InChI is InChI=1S/C16H22N2O3/c1-2-21-16(20)12-5-3-6-14(11-12)18-15(19)9-8-13-7-4-10-17-13/h3,5-6,11,13,17H,2,4,7-10H2,1H3,(H,18,19). The molecule has 114 valence electrons. The van der Waals surface area contributed by atoms with E-state index in [1.54, 1.807) is 31.2 Å². The molecule has 2 N–H and O–H groups in total. The van der Waals surface area contributed by atoms with E-state index in [4.69, 9.17) is 4.74 Å². The lowest BCUT2D eigenvalue weighted by Crippen LogP contribution is -2.23. The highest BCUT2D eigenvalue weighted by atomic mass is 16.5. The third-order valence-electron chi connectivity index (χ3n) is 3.54. The van der Waals surface area contributed by atoms with Crippen molar-refractivity contribution in [1.82, 2.24) is 5.32 Å². The van der Waals surface area contributed by atoms with Crippen LogP contribution >= 0.6 is 0 Å². The zero-order chi connectivity index (χ0) is 15.1. The van der Waals surface area contributed by atoms with Gasteiger partial charge in [0.2, 0.25) is 5.91 Å². The molecule has 1 aliphatic rings. The Morgan fingerprint density at radius 3 is 3.00 bits per heavy atom. The highest BCUT2D eigenvalue weighted by Crippen LogP contribution is 2.14. The second-order valence-corrected chi connectivity index (χ2v) is 5.18. The first-order valence-corrected chi connectivity index (χ1v) is 7.49. The van der Waals surface area contributed by atoms with E-state index in [9.17, 15) is 9.59 Å². The van der Waals surface area contributed by atoms with Crippen molar-refractivity contribution in [3.63, 3.8) is 0 Å². The number of anilines is 1. The van der Waals surface area contributed by atoms with Crippen molar-refractivity contribution in [2.45, 2.75) is 38.6 Å². The van der Waals surface area contributed by atoms with Gasteiger partial charge in [-0.25, -0.2) is 4.79 Å². The van der Waals surface area contributed by atoms with Gasteiger partial charge in [-0.15, -0.1) is 0 Å². The number of esters is 1. The smallest absolute Gasteiger partial charge is 0.338 e. The van der Waals surface area contributed by atoms with Gasteiger partial charge in [0.15, 0.2) is 0 Å². The zero-order valence-electron chi connectivity index (χ0n) is 12.4. The molecule has 0 aliphatic carbocycles. The molecule has 0 saturated carbocycles. The molecular weight excluding hydrogens is 268 g/mol. The molecule has 2 rings (SSSR count). The Morgan fingerprint density at radius 2 is 2.29 bits per heavy atom. The van der Waals surface area contributed by atoms with Crippen molar-refractivity contribution in [2.24, 2.45) is 0 Å². The number of rotatable bonds is 6. The number of ether oxygens (including phenoxy) is 1. The summed E-state index contributed by atoms with van der Waals surface area (Å²) < 4.78 is 4.94. The van der Waals surface area contributed by atoms with Crippen molar-refractivity contribution < 1.29 is 14.3 Å². The molecule has 0 bridgehead atoms. The minimum atomic E-state index is -0.372. The number of hydrogen-bond donors (Lipinski definition) is 2. The summed E-state index contributed by atoms with van der Waals surface area (Å²) in [5, 5.41) is 6.20. The number of hydrogen-bond acceptors (Lipinski definition) is 4. The van der Waals surface area contributed by atoms with Gasteiger partial charge in [-0.05, 0) is 50.9 Å². The van der Waals surface area contributed by atoms with Crippen molar-refractivity contribution in [3.8, 4) is 0 Å². The fourth-order valence-electron chi connectivity index (χ4n) is 2.47. The number of benzene rings is 1. The predicted molar refractivity (Wildman–Crippen MR) is 81.3 cm³/mol. The van der Waals surface area contributed by atoms with Gasteiger partial charge < -0.3 is 15.4 Å². The number of carbonyl (C=O) groups is 2. The van der Waals surface area contributed by atoms with Crippen LogP contribution in [0.2, 0.25) is 0 Å². The zero-order valence-corrected chi connectivity index (χ0v) is 12.4. The van der Waals surface area contributed by atoms with Gasteiger partial charge in [0.1, 0.15) is 0 Å². The summed E-state index contributed by atoms with van der Waals surface area (Å²) in [6.45, 7) is 3.15. The lowest BCUT2D eigenvalue weighted by atomic mass is 10.1. The van der Waals surface area contributed by atoms with E-state index < -0.39 is 0 Å². The average molecular weight is 290 g/mol. The Morgan fingerprint density at radius 1 is 1.43 bits per heavy atom. The van der Waals surface area contributed by atoms with Crippen molar-refractivity contribution in [3.05, 3.63) is 29.8 Å². The first kappa shape index (κ1) is 15.5. The highest BCUT2D eigenvalue weighted by Gasteiger charge is 2.15. The topological polar surface area (TPSA) is 67.4 Å². The average Bonchev–Trinajstić information content (AvgIpc) is 2.99. The molecule has 5 nitrogen and oxygen atoms in total. The molecule has 21 heavy (non-hydrogen) atoms. The summed E-state index contributed by atoms with van der Waals surface area (Å²) in [6.07, 6.45) is 3.67. The lowest BCUT2D eigenvalue weighted by molar-refractivity contribution is -0.116. The highest BCUT2D eigenvalue weighted by molar-refractivity contribution is 5.94. The van der Waals surface area contributed by atoms with Crippen LogP contribution in [0, 0.1) is 0 Å². The fraction of sp³-hybridized carbons (Fsp3) is 0.500. The normalized spacial score (nSPS) is 17.5. The third kappa shape index (κ3) is 4.86. The van der Waals surface area contributed by atoms with E-state index in [1.807, 2.05) is 0 Å². The van der Waals surface area contributed by atoms with Crippen LogP contribution < -0.4 is 10.6 Å². The van der Waals surface area contributed by atoms with Gasteiger partial charge in [0, 0.05) is 18.2 Å². The SMILES string of the molecule is CCOC(=O)c1cccc(NC(=O)CCC2CCCN2)c1. The molecule has 1 fully saturated rings. The predicted octanol–water partition coefficient (Wildman–Crippen LogP) is 2.33. The molecule has 1 unspecified atom stereocenters. The van der Waals surface area contributed by atoms with Crippen molar-refractivity contribution in [2.75, 3.05) is 18.5 Å². The number of carbonyl (C=O) groups excluding carboxylic acids is 2. The van der Waals surface area contributed by atoms with Crippen LogP contribution in [0.5, 0.6) is 0 Å². The van der Waals surface area contributed by atoms with Crippen LogP contribution in [0.15, 0.2) is 24.3 Å². The van der Waals surface area contributed by atoms with Gasteiger partial charge in [-0.1, -0.05) is 6.07 Å². The Bertz CT molecular complexity index is 496. The van der Waals surface area contributed by atoms with Gasteiger partial charge in [0.05, 0.1) is 12.2 Å². The van der Waals surface area contributed by atoms with Gasteiger partial charge >= 0.3 is 5.97 Å². The van der Waals surface area contributed by atoms with E-state index in [2.05, 4.69) is 10.6 Å². The van der Waals surface area contributed by atoms with Crippen LogP contribution in [0.4, 0.5) is 5.69 Å². The molecule has 1 atom stereocenters. The Hall–Kier alpha value is -1.88. The molecule has 0 spiro atoms. The minimum Gasteiger partial charge on any atom is -0.462 e. The summed E-state index contributed by atoms with van der Waals surface area (Å²) in [5.41, 5.74) is 1.08. The third-order valence-corrected chi connectivity index (χ3v) is 3.54. The molecule has 1 saturated heterocycles. The Kier molecular flexibility index (Phi) is 5.75. The first-order chi connectivity index (χ1) is 10.2. The largest absolute Gasteiger partial charge is 0.462 e. The summed E-state index contributed by atoms with van der Waals surface area (Å²) >= 11 is 0. The molecule has 1 aromatic carbocycles. The van der Waals surface area contributed by atoms with E-state index in [0.29, 0.717) is 30.3 Å². The molecule has 0 radical (unpaired) electrons. The lowest BCUT2D eigenvalue weighted by Gasteiger charge is -2.10. The van der Waals surface area contributed by atoms with Gasteiger partial charge in [-0.2, -0.15) is 0 Å². The molecular formula is C16H22N2O3. The first-order valence-electron chi connectivity index (χ1n) is 7.49. The number of amides is 1. The quantitative estimate of drug-likeness (QED) is 0.789. The maximum Gasteiger partial charge on any atom is 0.338 e. The molecule has 0 aromatic heterocycles. The summed E-state index contributed by atoms with van der Waals surface area (Å²) in [6, 6.07) is 7.29. The molecule has 1 heterocycles. The molecule has 5 heteroatoms. The molecule has 1 aliphatic heterocycles. The Balaban J connectivity index is 1.85. The van der Waals surface area contributed by atoms with E-state index in [-0.39, 0.29) is 11.9 Å². The molecule has 1 aromatic rings.